The summed E-state index contributed by atoms with van der Waals surface area (Å²) in [6.07, 6.45) is 2.80. The van der Waals surface area contributed by atoms with Crippen molar-refractivity contribution in [1.82, 2.24) is 0 Å². The van der Waals surface area contributed by atoms with Gasteiger partial charge >= 0.3 is 5.97 Å². The van der Waals surface area contributed by atoms with Gasteiger partial charge in [-0.25, -0.2) is 4.39 Å². The highest BCUT2D eigenvalue weighted by Gasteiger charge is 2.19. The molecule has 0 saturated carbocycles. The molecule has 94 valence electrons. The smallest absolute Gasteiger partial charge is 0.319 e. The Balaban J connectivity index is 2.64. The Hall–Kier alpha value is -1.03. The molecule has 0 fully saturated rings. The Morgan fingerprint density at radius 2 is 2.06 bits per heavy atom. The molecule has 1 unspecified atom stereocenters. The molecule has 0 spiro atoms. The highest BCUT2D eigenvalue weighted by molar-refractivity contribution is 8.00. The second-order valence-electron chi connectivity index (χ2n) is 3.73. The molecule has 0 aromatic heterocycles. The molecule has 17 heavy (non-hydrogen) atoms. The van der Waals surface area contributed by atoms with Gasteiger partial charge in [0.1, 0.15) is 11.1 Å². The molecule has 4 heteroatoms. The first-order valence-corrected chi connectivity index (χ1v) is 6.55. The summed E-state index contributed by atoms with van der Waals surface area (Å²) in [5.74, 6) is -0.481. The number of hydrogen-bond acceptors (Lipinski definition) is 3. The third-order valence-corrected chi connectivity index (χ3v) is 3.63. The standard InChI is InChI=1S/C13H17FO2S/c1-3-4-5-12(13(15)16-2)17-11-8-6-10(14)7-9-11/h6-9,12H,3-5H2,1-2H3. The molecule has 1 aromatic carbocycles. The fourth-order valence-corrected chi connectivity index (χ4v) is 2.52. The van der Waals surface area contributed by atoms with E-state index in [1.807, 2.05) is 0 Å². The van der Waals surface area contributed by atoms with Crippen LogP contribution in [0.4, 0.5) is 4.39 Å². The maximum absolute atomic E-state index is 12.8. The van der Waals surface area contributed by atoms with Gasteiger partial charge in [0.2, 0.25) is 0 Å². The Morgan fingerprint density at radius 3 is 2.59 bits per heavy atom. The zero-order valence-electron chi connectivity index (χ0n) is 10.1. The number of benzene rings is 1. The zero-order chi connectivity index (χ0) is 12.7. The number of carbonyl (C=O) groups excluding carboxylic acids is 1. The second kappa shape index (κ2) is 7.33. The van der Waals surface area contributed by atoms with Crippen molar-refractivity contribution in [3.05, 3.63) is 30.1 Å². The Morgan fingerprint density at radius 1 is 1.41 bits per heavy atom. The van der Waals surface area contributed by atoms with Gasteiger partial charge in [-0.05, 0) is 30.7 Å². The molecule has 0 bridgehead atoms. The summed E-state index contributed by atoms with van der Waals surface area (Å²) in [4.78, 5) is 12.5. The molecule has 0 heterocycles. The van der Waals surface area contributed by atoms with E-state index < -0.39 is 0 Å². The number of methoxy groups -OCH3 is 1. The van der Waals surface area contributed by atoms with Gasteiger partial charge in [-0.1, -0.05) is 19.8 Å². The third kappa shape index (κ3) is 4.77. The van der Waals surface area contributed by atoms with Crippen LogP contribution in [-0.2, 0) is 9.53 Å². The van der Waals surface area contributed by atoms with Crippen LogP contribution >= 0.6 is 11.8 Å². The van der Waals surface area contributed by atoms with Crippen molar-refractivity contribution in [3.8, 4) is 0 Å². The molecule has 2 nitrogen and oxygen atoms in total. The van der Waals surface area contributed by atoms with Gasteiger partial charge in [0.05, 0.1) is 7.11 Å². The number of halogens is 1. The van der Waals surface area contributed by atoms with Crippen LogP contribution in [0.15, 0.2) is 29.2 Å². The summed E-state index contributed by atoms with van der Waals surface area (Å²) in [6.45, 7) is 2.08. The third-order valence-electron chi connectivity index (χ3n) is 2.38. The molecule has 0 aliphatic rings. The highest BCUT2D eigenvalue weighted by Crippen LogP contribution is 2.27. The lowest BCUT2D eigenvalue weighted by Gasteiger charge is -2.13. The van der Waals surface area contributed by atoms with Crippen molar-refractivity contribution in [3.63, 3.8) is 0 Å². The van der Waals surface area contributed by atoms with Crippen LogP contribution in [0, 0.1) is 5.82 Å². The maximum atomic E-state index is 12.8. The lowest BCUT2D eigenvalue weighted by Crippen LogP contribution is -2.18. The number of carbonyl (C=O) groups is 1. The van der Waals surface area contributed by atoms with E-state index in [0.717, 1.165) is 24.2 Å². The summed E-state index contributed by atoms with van der Waals surface area (Å²) in [6, 6.07) is 6.16. The molecule has 0 aliphatic heterocycles. The lowest BCUT2D eigenvalue weighted by atomic mass is 10.2. The van der Waals surface area contributed by atoms with Crippen molar-refractivity contribution < 1.29 is 13.9 Å². The summed E-state index contributed by atoms with van der Waals surface area (Å²) in [5, 5.41) is -0.203. The van der Waals surface area contributed by atoms with E-state index in [1.54, 1.807) is 12.1 Å². The Kier molecular flexibility index (Phi) is 6.05. The fraction of sp³-hybridized carbons (Fsp3) is 0.462. The van der Waals surface area contributed by atoms with Crippen LogP contribution in [0.5, 0.6) is 0 Å². The SMILES string of the molecule is CCCCC(Sc1ccc(F)cc1)C(=O)OC. The fourth-order valence-electron chi connectivity index (χ4n) is 1.42. The normalized spacial score (nSPS) is 12.2. The van der Waals surface area contributed by atoms with E-state index in [9.17, 15) is 9.18 Å². The monoisotopic (exact) mass is 256 g/mol. The highest BCUT2D eigenvalue weighted by atomic mass is 32.2. The van der Waals surface area contributed by atoms with Crippen molar-refractivity contribution in [2.24, 2.45) is 0 Å². The zero-order valence-corrected chi connectivity index (χ0v) is 10.9. The number of ether oxygens (including phenoxy) is 1. The van der Waals surface area contributed by atoms with Crippen LogP contribution in [0.3, 0.4) is 0 Å². The summed E-state index contributed by atoms with van der Waals surface area (Å²) in [5.41, 5.74) is 0. The topological polar surface area (TPSA) is 26.3 Å². The van der Waals surface area contributed by atoms with Crippen molar-refractivity contribution >= 4 is 17.7 Å². The van der Waals surface area contributed by atoms with Crippen LogP contribution in [0.1, 0.15) is 26.2 Å². The summed E-state index contributed by atoms with van der Waals surface area (Å²) < 4.78 is 17.5. The molecule has 0 radical (unpaired) electrons. The van der Waals surface area contributed by atoms with Gasteiger partial charge in [0.15, 0.2) is 0 Å². The molecule has 1 atom stereocenters. The Bertz CT molecular complexity index is 351. The van der Waals surface area contributed by atoms with Gasteiger partial charge in [-0.2, -0.15) is 0 Å². The predicted molar refractivity (Wildman–Crippen MR) is 67.6 cm³/mol. The number of esters is 1. The number of rotatable bonds is 6. The minimum atomic E-state index is -0.266. The van der Waals surface area contributed by atoms with Gasteiger partial charge in [-0.3, -0.25) is 4.79 Å². The lowest BCUT2D eigenvalue weighted by molar-refractivity contribution is -0.140. The average molecular weight is 256 g/mol. The summed E-state index contributed by atoms with van der Waals surface area (Å²) >= 11 is 1.43. The molecule has 0 aliphatic carbocycles. The van der Waals surface area contributed by atoms with E-state index in [1.165, 1.54) is 31.0 Å². The first-order valence-electron chi connectivity index (χ1n) is 5.67. The Labute approximate surface area is 106 Å². The number of hydrogen-bond donors (Lipinski definition) is 0. The second-order valence-corrected chi connectivity index (χ2v) is 5.00. The van der Waals surface area contributed by atoms with E-state index in [2.05, 4.69) is 6.92 Å². The maximum Gasteiger partial charge on any atom is 0.319 e. The van der Waals surface area contributed by atoms with E-state index in [0.29, 0.717) is 0 Å². The van der Waals surface area contributed by atoms with Crippen LogP contribution in [0.2, 0.25) is 0 Å². The summed E-state index contributed by atoms with van der Waals surface area (Å²) in [7, 11) is 1.40. The van der Waals surface area contributed by atoms with Crippen LogP contribution in [0.25, 0.3) is 0 Å². The van der Waals surface area contributed by atoms with Gasteiger partial charge in [0, 0.05) is 4.90 Å². The largest absolute Gasteiger partial charge is 0.468 e. The predicted octanol–water partition coefficient (Wildman–Crippen LogP) is 3.65. The van der Waals surface area contributed by atoms with Gasteiger partial charge in [0.25, 0.3) is 0 Å². The average Bonchev–Trinajstić information content (AvgIpc) is 2.36. The van der Waals surface area contributed by atoms with Gasteiger partial charge in [-0.15, -0.1) is 11.8 Å². The molecule has 0 saturated heterocycles. The van der Waals surface area contributed by atoms with Crippen molar-refractivity contribution in [2.75, 3.05) is 7.11 Å². The quantitative estimate of drug-likeness (QED) is 0.574. The first-order chi connectivity index (χ1) is 8.17. The van der Waals surface area contributed by atoms with Crippen molar-refractivity contribution in [1.29, 1.82) is 0 Å². The van der Waals surface area contributed by atoms with Crippen LogP contribution < -0.4 is 0 Å². The van der Waals surface area contributed by atoms with Crippen LogP contribution in [-0.4, -0.2) is 18.3 Å². The molecule has 0 N–H and O–H groups in total. The molecule has 1 rings (SSSR count). The number of thioether (sulfide) groups is 1. The van der Waals surface area contributed by atoms with E-state index in [-0.39, 0.29) is 17.0 Å². The first kappa shape index (κ1) is 14.0. The molecular weight excluding hydrogens is 239 g/mol. The van der Waals surface area contributed by atoms with E-state index >= 15 is 0 Å². The molecule has 1 aromatic rings. The van der Waals surface area contributed by atoms with E-state index in [4.69, 9.17) is 4.74 Å². The minimum Gasteiger partial charge on any atom is -0.468 e. The van der Waals surface area contributed by atoms with Crippen molar-refractivity contribution in [2.45, 2.75) is 36.3 Å². The molecular formula is C13H17FO2S. The minimum absolute atomic E-state index is 0.203. The number of unbranched alkanes of at least 4 members (excludes halogenated alkanes) is 1. The molecule has 0 amide bonds. The van der Waals surface area contributed by atoms with Gasteiger partial charge < -0.3 is 4.74 Å².